The lowest BCUT2D eigenvalue weighted by Crippen LogP contribution is -2.54. The van der Waals surface area contributed by atoms with Gasteiger partial charge in [0.15, 0.2) is 12.0 Å². The number of nitrogens with zero attached hydrogens (tertiary/aromatic N) is 5. The predicted octanol–water partition coefficient (Wildman–Crippen LogP) is 2.03. The first kappa shape index (κ1) is 23.3. The van der Waals surface area contributed by atoms with Crippen molar-refractivity contribution in [1.82, 2.24) is 30.2 Å². The van der Waals surface area contributed by atoms with Crippen LogP contribution in [0.15, 0.2) is 69.6 Å². The molecular formula is C26H20N6O6. The Kier molecular flexibility index (Phi) is 5.56. The van der Waals surface area contributed by atoms with Crippen molar-refractivity contribution in [3.63, 3.8) is 0 Å². The summed E-state index contributed by atoms with van der Waals surface area (Å²) in [4.78, 5) is 60.1. The minimum atomic E-state index is -1.03. The average molecular weight is 512 g/mol. The van der Waals surface area contributed by atoms with Gasteiger partial charge < -0.3 is 13.8 Å². The van der Waals surface area contributed by atoms with Gasteiger partial charge in [0.1, 0.15) is 17.3 Å². The third kappa shape index (κ3) is 4.11. The summed E-state index contributed by atoms with van der Waals surface area (Å²) in [6.07, 6.45) is 2.71. The number of aromatic nitrogens is 3. The zero-order valence-electron chi connectivity index (χ0n) is 20.1. The SMILES string of the molecule is CN(Cc1nc(-c2cccc(-c3ccc4ncoc4c3)c2)no1)C1=CC(=O)N(C2CCC(=O)NC2=O)C1=O. The summed E-state index contributed by atoms with van der Waals surface area (Å²) in [7, 11) is 1.61. The molecule has 4 aromatic rings. The predicted molar refractivity (Wildman–Crippen MR) is 130 cm³/mol. The van der Waals surface area contributed by atoms with Gasteiger partial charge in [0, 0.05) is 25.1 Å². The highest BCUT2D eigenvalue weighted by Gasteiger charge is 2.43. The molecule has 190 valence electrons. The van der Waals surface area contributed by atoms with Crippen LogP contribution in [0.25, 0.3) is 33.6 Å². The molecule has 1 fully saturated rings. The van der Waals surface area contributed by atoms with Crippen molar-refractivity contribution >= 4 is 34.7 Å². The number of benzene rings is 2. The Bertz CT molecular complexity index is 1650. The molecule has 1 N–H and O–H groups in total. The number of carbonyl (C=O) groups excluding carboxylic acids is 4. The van der Waals surface area contributed by atoms with Crippen molar-refractivity contribution in [3.8, 4) is 22.5 Å². The lowest BCUT2D eigenvalue weighted by atomic mass is 10.0. The van der Waals surface area contributed by atoms with E-state index in [0.29, 0.717) is 11.4 Å². The Labute approximate surface area is 214 Å². The largest absolute Gasteiger partial charge is 0.443 e. The Balaban J connectivity index is 1.17. The second-order valence-corrected chi connectivity index (χ2v) is 8.99. The van der Waals surface area contributed by atoms with Gasteiger partial charge in [-0.2, -0.15) is 4.98 Å². The number of piperidine rings is 1. The summed E-state index contributed by atoms with van der Waals surface area (Å²) >= 11 is 0. The Morgan fingerprint density at radius 2 is 1.89 bits per heavy atom. The van der Waals surface area contributed by atoms with E-state index >= 15 is 0 Å². The second-order valence-electron chi connectivity index (χ2n) is 8.99. The number of nitrogens with one attached hydrogen (secondary N) is 1. The number of hydrogen-bond donors (Lipinski definition) is 1. The summed E-state index contributed by atoms with van der Waals surface area (Å²) in [6.45, 7) is 0.0584. The van der Waals surface area contributed by atoms with Crippen molar-refractivity contribution in [3.05, 3.63) is 66.5 Å². The third-order valence-electron chi connectivity index (χ3n) is 6.49. The minimum Gasteiger partial charge on any atom is -0.443 e. The van der Waals surface area contributed by atoms with Crippen molar-refractivity contribution < 1.29 is 28.1 Å². The molecule has 1 atom stereocenters. The number of amides is 4. The van der Waals surface area contributed by atoms with Gasteiger partial charge in [0.05, 0.1) is 6.54 Å². The van der Waals surface area contributed by atoms with Crippen LogP contribution in [0, 0.1) is 0 Å². The van der Waals surface area contributed by atoms with Crippen LogP contribution in [-0.2, 0) is 25.7 Å². The molecule has 2 aromatic carbocycles. The first-order valence-corrected chi connectivity index (χ1v) is 11.8. The van der Waals surface area contributed by atoms with E-state index in [4.69, 9.17) is 8.94 Å². The van der Waals surface area contributed by atoms with Crippen molar-refractivity contribution in [1.29, 1.82) is 0 Å². The maximum Gasteiger partial charge on any atom is 0.277 e. The summed E-state index contributed by atoms with van der Waals surface area (Å²) in [5.41, 5.74) is 4.14. The van der Waals surface area contributed by atoms with Crippen LogP contribution >= 0.6 is 0 Å². The van der Waals surface area contributed by atoms with Crippen LogP contribution < -0.4 is 5.32 Å². The van der Waals surface area contributed by atoms with E-state index in [0.717, 1.165) is 33.2 Å². The fraction of sp³-hybridized carbons (Fsp3) is 0.192. The maximum absolute atomic E-state index is 13.0. The quantitative estimate of drug-likeness (QED) is 0.380. The van der Waals surface area contributed by atoms with E-state index in [2.05, 4.69) is 20.4 Å². The fourth-order valence-corrected chi connectivity index (χ4v) is 4.57. The van der Waals surface area contributed by atoms with E-state index < -0.39 is 29.7 Å². The average Bonchev–Trinajstić information content (AvgIpc) is 3.63. The van der Waals surface area contributed by atoms with Gasteiger partial charge in [-0.1, -0.05) is 29.4 Å². The van der Waals surface area contributed by atoms with Gasteiger partial charge in [-0.05, 0) is 35.7 Å². The van der Waals surface area contributed by atoms with E-state index in [-0.39, 0.29) is 31.0 Å². The molecule has 12 heteroatoms. The van der Waals surface area contributed by atoms with Gasteiger partial charge in [0.25, 0.3) is 11.8 Å². The minimum absolute atomic E-state index is 0.0548. The Morgan fingerprint density at radius 3 is 2.74 bits per heavy atom. The highest BCUT2D eigenvalue weighted by molar-refractivity contribution is 6.18. The van der Waals surface area contributed by atoms with E-state index in [9.17, 15) is 19.2 Å². The number of imide groups is 2. The molecule has 0 saturated carbocycles. The normalized spacial score (nSPS) is 17.8. The van der Waals surface area contributed by atoms with Gasteiger partial charge in [0.2, 0.25) is 23.5 Å². The number of carbonyl (C=O) groups is 4. The Morgan fingerprint density at radius 1 is 1.08 bits per heavy atom. The first-order chi connectivity index (χ1) is 18.4. The van der Waals surface area contributed by atoms with Crippen LogP contribution in [0.4, 0.5) is 0 Å². The summed E-state index contributed by atoms with van der Waals surface area (Å²) in [5, 5.41) is 6.24. The van der Waals surface area contributed by atoms with Crippen LogP contribution in [0.3, 0.4) is 0 Å². The highest BCUT2D eigenvalue weighted by Crippen LogP contribution is 2.28. The van der Waals surface area contributed by atoms with E-state index in [1.54, 1.807) is 7.05 Å². The first-order valence-electron chi connectivity index (χ1n) is 11.8. The van der Waals surface area contributed by atoms with Gasteiger partial charge in [-0.15, -0.1) is 0 Å². The molecule has 4 amide bonds. The fourth-order valence-electron chi connectivity index (χ4n) is 4.57. The molecule has 6 rings (SSSR count). The van der Waals surface area contributed by atoms with Crippen molar-refractivity contribution in [2.45, 2.75) is 25.4 Å². The van der Waals surface area contributed by atoms with E-state index in [1.807, 2.05) is 42.5 Å². The smallest absolute Gasteiger partial charge is 0.277 e. The second kappa shape index (κ2) is 9.07. The van der Waals surface area contributed by atoms with Gasteiger partial charge in [-0.25, -0.2) is 4.98 Å². The van der Waals surface area contributed by atoms with Crippen LogP contribution in [0.1, 0.15) is 18.7 Å². The number of fused-ring (bicyclic) bond motifs is 1. The van der Waals surface area contributed by atoms with Crippen LogP contribution in [0.2, 0.25) is 0 Å². The van der Waals surface area contributed by atoms with Crippen LogP contribution in [0.5, 0.6) is 0 Å². The third-order valence-corrected chi connectivity index (χ3v) is 6.49. The molecule has 0 aliphatic carbocycles. The zero-order valence-corrected chi connectivity index (χ0v) is 20.1. The molecule has 2 aliphatic heterocycles. The number of hydrogen-bond acceptors (Lipinski definition) is 10. The topological polar surface area (TPSA) is 152 Å². The number of likely N-dealkylation sites (N-methyl/N-ethyl adjacent to an activating group) is 1. The Hall–Kier alpha value is -5.13. The molecule has 2 aromatic heterocycles. The van der Waals surface area contributed by atoms with Crippen molar-refractivity contribution in [2.24, 2.45) is 0 Å². The summed E-state index contributed by atoms with van der Waals surface area (Å²) in [5.74, 6) is -1.73. The highest BCUT2D eigenvalue weighted by atomic mass is 16.5. The van der Waals surface area contributed by atoms with Gasteiger partial charge >= 0.3 is 0 Å². The molecule has 12 nitrogen and oxygen atoms in total. The summed E-state index contributed by atoms with van der Waals surface area (Å²) < 4.78 is 10.8. The molecule has 38 heavy (non-hydrogen) atoms. The summed E-state index contributed by atoms with van der Waals surface area (Å²) in [6, 6.07) is 12.3. The maximum atomic E-state index is 13.0. The zero-order chi connectivity index (χ0) is 26.4. The number of rotatable bonds is 6. The van der Waals surface area contributed by atoms with Crippen molar-refractivity contribution in [2.75, 3.05) is 7.05 Å². The monoisotopic (exact) mass is 512 g/mol. The molecular weight excluding hydrogens is 492 g/mol. The van der Waals surface area contributed by atoms with E-state index in [1.165, 1.54) is 11.3 Å². The lowest BCUT2D eigenvalue weighted by molar-refractivity contribution is -0.150. The molecule has 1 saturated heterocycles. The van der Waals surface area contributed by atoms with Crippen LogP contribution in [-0.4, -0.2) is 61.6 Å². The standard InChI is InChI=1S/C26H20N6O6/c1-31(19-11-23(34)32(26(19)36)18-7-8-21(33)28-25(18)35)12-22-29-24(30-38-22)16-4-2-3-14(9-16)15-5-6-17-20(10-15)37-13-27-17/h2-6,9-11,13,18H,7-8,12H2,1H3,(H,28,33,35). The van der Waals surface area contributed by atoms with Gasteiger partial charge in [-0.3, -0.25) is 29.4 Å². The number of oxazole rings is 1. The molecule has 0 bridgehead atoms. The molecule has 4 heterocycles. The molecule has 0 radical (unpaired) electrons. The lowest BCUT2D eigenvalue weighted by Gasteiger charge is -2.29. The molecule has 0 spiro atoms. The molecule has 2 aliphatic rings. The molecule has 1 unspecified atom stereocenters.